The summed E-state index contributed by atoms with van der Waals surface area (Å²) in [6, 6.07) is 10.6. The third-order valence-corrected chi connectivity index (χ3v) is 7.03. The summed E-state index contributed by atoms with van der Waals surface area (Å²) in [4.78, 5) is 13.2. The molecule has 1 N–H and O–H groups in total. The molecule has 2 aromatic rings. The number of hydrogen-bond donors (Lipinski definition) is 1. The molecule has 0 spiro atoms. The Morgan fingerprint density at radius 1 is 1.00 bits per heavy atom. The fourth-order valence-electron chi connectivity index (χ4n) is 3.34. The lowest BCUT2D eigenvalue weighted by Crippen LogP contribution is -2.50. The van der Waals surface area contributed by atoms with Gasteiger partial charge in [0.25, 0.3) is 0 Å². The summed E-state index contributed by atoms with van der Waals surface area (Å²) in [6.45, 7) is 4.96. The van der Waals surface area contributed by atoms with Crippen LogP contribution < -0.4 is 5.32 Å². The minimum atomic E-state index is -4.28. The van der Waals surface area contributed by atoms with Gasteiger partial charge in [-0.2, -0.15) is 4.31 Å². The Hall–Kier alpha value is -2.36. The van der Waals surface area contributed by atoms with Crippen LogP contribution in [0.4, 0.5) is 14.5 Å². The Kier molecular flexibility index (Phi) is 6.84. The average molecular weight is 438 g/mol. The summed E-state index contributed by atoms with van der Waals surface area (Å²) >= 11 is 0. The lowest BCUT2D eigenvalue weighted by Gasteiger charge is -2.33. The van der Waals surface area contributed by atoms with Crippen LogP contribution in [-0.2, 0) is 14.8 Å². The highest BCUT2D eigenvalue weighted by Crippen LogP contribution is 2.23. The molecule has 0 aromatic heterocycles. The molecular formula is C21H25F2N3O3S. The third-order valence-electron chi connectivity index (χ3n) is 5.08. The van der Waals surface area contributed by atoms with E-state index >= 15 is 0 Å². The molecule has 0 atom stereocenters. The van der Waals surface area contributed by atoms with Gasteiger partial charge in [-0.25, -0.2) is 17.2 Å². The number of nitrogens with zero attached hydrogens (tertiary/aromatic N) is 2. The second kappa shape index (κ2) is 9.20. The SMILES string of the molecule is CC(C)c1ccc(NC(=O)CN2CCN(S(=O)(=O)c3c(F)cccc3F)CC2)cc1. The zero-order chi connectivity index (χ0) is 21.9. The molecule has 1 saturated heterocycles. The van der Waals surface area contributed by atoms with Crippen LogP contribution in [0.3, 0.4) is 0 Å². The number of carbonyl (C=O) groups is 1. The number of piperazine rings is 1. The monoisotopic (exact) mass is 437 g/mol. The van der Waals surface area contributed by atoms with E-state index in [1.54, 1.807) is 0 Å². The van der Waals surface area contributed by atoms with Crippen molar-refractivity contribution in [1.82, 2.24) is 9.21 Å². The zero-order valence-corrected chi connectivity index (χ0v) is 17.8. The molecule has 162 valence electrons. The van der Waals surface area contributed by atoms with Crippen molar-refractivity contribution < 1.29 is 22.0 Å². The van der Waals surface area contributed by atoms with E-state index < -0.39 is 26.6 Å². The Labute approximate surface area is 175 Å². The van der Waals surface area contributed by atoms with Crippen molar-refractivity contribution in [3.63, 3.8) is 0 Å². The minimum Gasteiger partial charge on any atom is -0.325 e. The molecule has 30 heavy (non-hydrogen) atoms. The van der Waals surface area contributed by atoms with Gasteiger partial charge in [-0.05, 0) is 35.7 Å². The lowest BCUT2D eigenvalue weighted by molar-refractivity contribution is -0.117. The highest BCUT2D eigenvalue weighted by atomic mass is 32.2. The Morgan fingerprint density at radius 3 is 2.10 bits per heavy atom. The average Bonchev–Trinajstić information content (AvgIpc) is 2.68. The zero-order valence-electron chi connectivity index (χ0n) is 16.9. The van der Waals surface area contributed by atoms with E-state index in [1.165, 1.54) is 5.56 Å². The first-order valence-electron chi connectivity index (χ1n) is 9.75. The minimum absolute atomic E-state index is 0.0481. The van der Waals surface area contributed by atoms with Gasteiger partial charge in [-0.3, -0.25) is 9.69 Å². The Morgan fingerprint density at radius 2 is 1.57 bits per heavy atom. The molecule has 0 aliphatic carbocycles. The van der Waals surface area contributed by atoms with Gasteiger partial charge in [0.15, 0.2) is 4.90 Å². The maximum Gasteiger partial charge on any atom is 0.249 e. The van der Waals surface area contributed by atoms with Crippen LogP contribution in [0.25, 0.3) is 0 Å². The first kappa shape index (κ1) is 22.3. The van der Waals surface area contributed by atoms with Crippen molar-refractivity contribution in [1.29, 1.82) is 0 Å². The van der Waals surface area contributed by atoms with Crippen molar-refractivity contribution in [2.45, 2.75) is 24.7 Å². The highest BCUT2D eigenvalue weighted by molar-refractivity contribution is 7.89. The lowest BCUT2D eigenvalue weighted by atomic mass is 10.0. The number of anilines is 1. The van der Waals surface area contributed by atoms with Crippen molar-refractivity contribution >= 4 is 21.6 Å². The summed E-state index contributed by atoms with van der Waals surface area (Å²) in [5.74, 6) is -2.02. The predicted molar refractivity (Wildman–Crippen MR) is 111 cm³/mol. The first-order chi connectivity index (χ1) is 14.2. The van der Waals surface area contributed by atoms with Gasteiger partial charge in [0, 0.05) is 31.9 Å². The van der Waals surface area contributed by atoms with E-state index in [4.69, 9.17) is 0 Å². The van der Waals surface area contributed by atoms with Crippen molar-refractivity contribution in [2.24, 2.45) is 0 Å². The largest absolute Gasteiger partial charge is 0.325 e. The highest BCUT2D eigenvalue weighted by Gasteiger charge is 2.33. The van der Waals surface area contributed by atoms with Crippen LogP contribution in [0, 0.1) is 11.6 Å². The summed E-state index contributed by atoms with van der Waals surface area (Å²) in [5.41, 5.74) is 1.87. The van der Waals surface area contributed by atoms with Crippen LogP contribution in [0.15, 0.2) is 47.4 Å². The van der Waals surface area contributed by atoms with Gasteiger partial charge < -0.3 is 5.32 Å². The van der Waals surface area contributed by atoms with Crippen LogP contribution in [0.5, 0.6) is 0 Å². The first-order valence-corrected chi connectivity index (χ1v) is 11.2. The Balaban J connectivity index is 1.56. The molecule has 6 nitrogen and oxygen atoms in total. The van der Waals surface area contributed by atoms with Crippen LogP contribution in [-0.4, -0.2) is 56.3 Å². The maximum absolute atomic E-state index is 13.9. The summed E-state index contributed by atoms with van der Waals surface area (Å²) in [7, 11) is -4.28. The van der Waals surface area contributed by atoms with E-state index in [-0.39, 0.29) is 38.6 Å². The normalized spacial score (nSPS) is 16.0. The molecule has 1 aliphatic heterocycles. The number of nitrogens with one attached hydrogen (secondary N) is 1. The molecule has 2 aromatic carbocycles. The number of hydrogen-bond acceptors (Lipinski definition) is 4. The van der Waals surface area contributed by atoms with Gasteiger partial charge in [0.05, 0.1) is 6.54 Å². The Bertz CT molecular complexity index is 982. The van der Waals surface area contributed by atoms with Gasteiger partial charge in [-0.15, -0.1) is 0 Å². The van der Waals surface area contributed by atoms with Crippen molar-refractivity contribution in [3.05, 3.63) is 59.7 Å². The van der Waals surface area contributed by atoms with Gasteiger partial charge >= 0.3 is 0 Å². The molecule has 1 heterocycles. The quantitative estimate of drug-likeness (QED) is 0.754. The van der Waals surface area contributed by atoms with E-state index in [1.807, 2.05) is 29.2 Å². The smallest absolute Gasteiger partial charge is 0.249 e. The molecule has 0 bridgehead atoms. The summed E-state index contributed by atoms with van der Waals surface area (Å²) < 4.78 is 54.1. The number of benzene rings is 2. The maximum atomic E-state index is 13.9. The predicted octanol–water partition coefficient (Wildman–Crippen LogP) is 3.03. The van der Waals surface area contributed by atoms with Crippen LogP contribution >= 0.6 is 0 Å². The fourth-order valence-corrected chi connectivity index (χ4v) is 4.87. The van der Waals surface area contributed by atoms with Gasteiger partial charge in [-0.1, -0.05) is 32.0 Å². The van der Waals surface area contributed by atoms with E-state index in [0.717, 1.165) is 22.5 Å². The molecule has 1 amide bonds. The summed E-state index contributed by atoms with van der Waals surface area (Å²) in [5, 5.41) is 2.83. The molecule has 0 saturated carbocycles. The fraction of sp³-hybridized carbons (Fsp3) is 0.381. The van der Waals surface area contributed by atoms with Crippen molar-refractivity contribution in [2.75, 3.05) is 38.0 Å². The van der Waals surface area contributed by atoms with Gasteiger partial charge in [0.2, 0.25) is 15.9 Å². The van der Waals surface area contributed by atoms with Crippen molar-refractivity contribution in [3.8, 4) is 0 Å². The molecule has 3 rings (SSSR count). The van der Waals surface area contributed by atoms with E-state index in [2.05, 4.69) is 19.2 Å². The van der Waals surface area contributed by atoms with E-state index in [9.17, 15) is 22.0 Å². The number of halogens is 2. The molecule has 1 fully saturated rings. The van der Waals surface area contributed by atoms with Gasteiger partial charge in [0.1, 0.15) is 11.6 Å². The number of sulfonamides is 1. The van der Waals surface area contributed by atoms with Crippen LogP contribution in [0.2, 0.25) is 0 Å². The topological polar surface area (TPSA) is 69.7 Å². The summed E-state index contributed by atoms with van der Waals surface area (Å²) in [6.07, 6.45) is 0. The molecule has 0 radical (unpaired) electrons. The second-order valence-electron chi connectivity index (χ2n) is 7.56. The second-order valence-corrected chi connectivity index (χ2v) is 9.43. The standard InChI is InChI=1S/C21H25F2N3O3S/c1-15(2)16-6-8-17(9-7-16)24-20(27)14-25-10-12-26(13-11-25)30(28,29)21-18(22)4-3-5-19(21)23/h3-9,15H,10-14H2,1-2H3,(H,24,27). The molecular weight excluding hydrogens is 412 g/mol. The molecule has 9 heteroatoms. The number of carbonyl (C=O) groups excluding carboxylic acids is 1. The molecule has 0 unspecified atom stereocenters. The number of amides is 1. The van der Waals surface area contributed by atoms with E-state index in [0.29, 0.717) is 11.6 Å². The third kappa shape index (κ3) is 5.03. The number of rotatable bonds is 6. The molecule has 1 aliphatic rings. The van der Waals surface area contributed by atoms with Crippen LogP contribution in [0.1, 0.15) is 25.3 Å².